The lowest BCUT2D eigenvalue weighted by molar-refractivity contribution is -0.139. The highest BCUT2D eigenvalue weighted by Crippen LogP contribution is 2.18. The molecule has 20 heavy (non-hydrogen) atoms. The molecule has 10 heteroatoms. The van der Waals surface area contributed by atoms with E-state index in [1.165, 1.54) is 7.11 Å². The largest absolute Gasteiger partial charge is 0.481 e. The van der Waals surface area contributed by atoms with Crippen LogP contribution in [0, 0.1) is 0 Å². The summed E-state index contributed by atoms with van der Waals surface area (Å²) in [6, 6.07) is 0. The smallest absolute Gasteiger partial charge is 0.306 e. The highest BCUT2D eigenvalue weighted by molar-refractivity contribution is 7.92. The lowest BCUT2D eigenvalue weighted by Crippen LogP contribution is -2.43. The average Bonchev–Trinajstić information content (AvgIpc) is 2.33. The molecule has 118 valence electrons. The van der Waals surface area contributed by atoms with Crippen molar-refractivity contribution in [3.05, 3.63) is 0 Å². The van der Waals surface area contributed by atoms with Crippen molar-refractivity contribution < 1.29 is 31.5 Å². The highest BCUT2D eigenvalue weighted by atomic mass is 32.2. The molecule has 8 nitrogen and oxygen atoms in total. The van der Waals surface area contributed by atoms with Crippen molar-refractivity contribution in [3.8, 4) is 0 Å². The topological polar surface area (TPSA) is 127 Å². The van der Waals surface area contributed by atoms with E-state index >= 15 is 0 Å². The molecule has 0 aromatic heterocycles. The number of carboxylic acids is 1. The van der Waals surface area contributed by atoms with Crippen molar-refractivity contribution >= 4 is 25.8 Å². The molecule has 0 spiro atoms. The first kappa shape index (κ1) is 17.3. The Morgan fingerprint density at radius 1 is 1.40 bits per heavy atom. The van der Waals surface area contributed by atoms with E-state index in [4.69, 9.17) is 9.84 Å². The maximum absolute atomic E-state index is 12.0. The molecule has 0 radical (unpaired) electrons. The van der Waals surface area contributed by atoms with Gasteiger partial charge >= 0.3 is 5.97 Å². The van der Waals surface area contributed by atoms with Crippen molar-refractivity contribution in [1.29, 1.82) is 0 Å². The Labute approximate surface area is 118 Å². The molecule has 0 aromatic carbocycles. The van der Waals surface area contributed by atoms with E-state index in [9.17, 15) is 21.6 Å². The van der Waals surface area contributed by atoms with Crippen molar-refractivity contribution in [1.82, 2.24) is 4.72 Å². The van der Waals surface area contributed by atoms with Crippen LogP contribution in [0.15, 0.2) is 0 Å². The highest BCUT2D eigenvalue weighted by Gasteiger charge is 2.33. The maximum atomic E-state index is 12.0. The van der Waals surface area contributed by atoms with Crippen LogP contribution in [-0.4, -0.2) is 64.4 Å². The SMILES string of the molecule is COC(CNS(=O)(=O)C1CCS(=O)(=O)CC1)CC(=O)O. The summed E-state index contributed by atoms with van der Waals surface area (Å²) < 4.78 is 53.7. The molecule has 1 unspecified atom stereocenters. The number of carboxylic acid groups (broad SMARTS) is 1. The zero-order chi connectivity index (χ0) is 15.4. The molecule has 0 bridgehead atoms. The zero-order valence-electron chi connectivity index (χ0n) is 11.1. The summed E-state index contributed by atoms with van der Waals surface area (Å²) in [5.41, 5.74) is 0. The van der Waals surface area contributed by atoms with Gasteiger partial charge in [0, 0.05) is 13.7 Å². The van der Waals surface area contributed by atoms with Crippen molar-refractivity contribution in [2.45, 2.75) is 30.6 Å². The fourth-order valence-corrected chi connectivity index (χ4v) is 5.24. The van der Waals surface area contributed by atoms with Gasteiger partial charge in [-0.25, -0.2) is 21.6 Å². The number of hydrogen-bond donors (Lipinski definition) is 2. The summed E-state index contributed by atoms with van der Waals surface area (Å²) in [5.74, 6) is -1.36. The number of methoxy groups -OCH3 is 1. The van der Waals surface area contributed by atoms with Crippen LogP contribution in [0.2, 0.25) is 0 Å². The standard InChI is InChI=1S/C10H19NO7S2/c1-18-8(6-10(12)13)7-11-20(16,17)9-2-4-19(14,15)5-3-9/h8-9,11H,2-7H2,1H3,(H,12,13). The third-order valence-corrected chi connectivity index (χ3v) is 6.82. The Morgan fingerprint density at radius 2 is 1.95 bits per heavy atom. The van der Waals surface area contributed by atoms with Crippen LogP contribution in [-0.2, 0) is 29.4 Å². The van der Waals surface area contributed by atoms with E-state index in [2.05, 4.69) is 4.72 Å². The van der Waals surface area contributed by atoms with Gasteiger partial charge in [0.05, 0.1) is 29.3 Å². The van der Waals surface area contributed by atoms with Gasteiger partial charge in [0.15, 0.2) is 0 Å². The number of ether oxygens (including phenoxy) is 1. The Kier molecular flexibility index (Phi) is 5.92. The van der Waals surface area contributed by atoms with Gasteiger partial charge in [-0.15, -0.1) is 0 Å². The van der Waals surface area contributed by atoms with Crippen LogP contribution < -0.4 is 4.72 Å². The molecule has 1 fully saturated rings. The molecule has 0 aromatic rings. The number of carbonyl (C=O) groups is 1. The van der Waals surface area contributed by atoms with Gasteiger partial charge in [0.2, 0.25) is 10.0 Å². The van der Waals surface area contributed by atoms with Gasteiger partial charge in [-0.1, -0.05) is 0 Å². The number of sulfone groups is 1. The first-order valence-electron chi connectivity index (χ1n) is 6.10. The number of nitrogens with one attached hydrogen (secondary N) is 1. The number of hydrogen-bond acceptors (Lipinski definition) is 6. The summed E-state index contributed by atoms with van der Waals surface area (Å²) in [5, 5.41) is 7.87. The van der Waals surface area contributed by atoms with E-state index in [1.54, 1.807) is 0 Å². The van der Waals surface area contributed by atoms with Gasteiger partial charge in [-0.05, 0) is 12.8 Å². The summed E-state index contributed by atoms with van der Waals surface area (Å²) in [4.78, 5) is 10.5. The Hall–Kier alpha value is -0.710. The third kappa shape index (κ3) is 5.35. The van der Waals surface area contributed by atoms with E-state index < -0.39 is 37.2 Å². The van der Waals surface area contributed by atoms with Gasteiger partial charge in [-0.2, -0.15) is 0 Å². The average molecular weight is 329 g/mol. The second-order valence-electron chi connectivity index (χ2n) is 4.70. The summed E-state index contributed by atoms with van der Waals surface area (Å²) in [6.45, 7) is -0.144. The first-order valence-corrected chi connectivity index (χ1v) is 9.46. The second-order valence-corrected chi connectivity index (χ2v) is 9.05. The molecule has 0 aliphatic carbocycles. The van der Waals surface area contributed by atoms with Gasteiger partial charge in [-0.3, -0.25) is 4.79 Å². The minimum absolute atomic E-state index is 0.0637. The molecule has 2 N–H and O–H groups in total. The number of sulfonamides is 1. The molecule has 1 aliphatic heterocycles. The zero-order valence-corrected chi connectivity index (χ0v) is 12.7. The molecule has 1 rings (SSSR count). The maximum Gasteiger partial charge on any atom is 0.306 e. The van der Waals surface area contributed by atoms with Crippen molar-refractivity contribution in [3.63, 3.8) is 0 Å². The summed E-state index contributed by atoms with van der Waals surface area (Å²) >= 11 is 0. The van der Waals surface area contributed by atoms with Crippen molar-refractivity contribution in [2.24, 2.45) is 0 Å². The molecule has 1 aliphatic rings. The molecular weight excluding hydrogens is 310 g/mol. The summed E-state index contributed by atoms with van der Waals surface area (Å²) in [6.07, 6.45) is -0.935. The number of aliphatic carboxylic acids is 1. The minimum atomic E-state index is -3.66. The van der Waals surface area contributed by atoms with Gasteiger partial charge in [0.25, 0.3) is 0 Å². The van der Waals surface area contributed by atoms with E-state index in [1.807, 2.05) is 0 Å². The predicted molar refractivity (Wildman–Crippen MR) is 71.6 cm³/mol. The third-order valence-electron chi connectivity index (χ3n) is 3.19. The predicted octanol–water partition coefficient (Wildman–Crippen LogP) is -1.03. The number of rotatable bonds is 7. The molecular formula is C10H19NO7S2. The lowest BCUT2D eigenvalue weighted by atomic mass is 10.2. The fourth-order valence-electron chi connectivity index (χ4n) is 1.94. The molecule has 0 amide bonds. The minimum Gasteiger partial charge on any atom is -0.481 e. The van der Waals surface area contributed by atoms with E-state index in [0.717, 1.165) is 0 Å². The van der Waals surface area contributed by atoms with Crippen LogP contribution in [0.5, 0.6) is 0 Å². The van der Waals surface area contributed by atoms with Gasteiger partial charge in [0.1, 0.15) is 9.84 Å². The van der Waals surface area contributed by atoms with Crippen LogP contribution in [0.4, 0.5) is 0 Å². The quantitative estimate of drug-likeness (QED) is 0.611. The fraction of sp³-hybridized carbons (Fsp3) is 0.900. The van der Waals surface area contributed by atoms with Crippen LogP contribution in [0.25, 0.3) is 0 Å². The van der Waals surface area contributed by atoms with Gasteiger partial charge < -0.3 is 9.84 Å². The van der Waals surface area contributed by atoms with E-state index in [-0.39, 0.29) is 37.3 Å². The second kappa shape index (κ2) is 6.83. The lowest BCUT2D eigenvalue weighted by Gasteiger charge is -2.23. The van der Waals surface area contributed by atoms with Crippen LogP contribution in [0.1, 0.15) is 19.3 Å². The Morgan fingerprint density at radius 3 is 2.40 bits per heavy atom. The van der Waals surface area contributed by atoms with Crippen LogP contribution >= 0.6 is 0 Å². The Balaban J connectivity index is 2.55. The normalized spacial score (nSPS) is 21.4. The first-order chi connectivity index (χ1) is 9.16. The monoisotopic (exact) mass is 329 g/mol. The molecule has 1 heterocycles. The molecule has 1 saturated heterocycles. The molecule has 1 atom stereocenters. The van der Waals surface area contributed by atoms with E-state index in [0.29, 0.717) is 0 Å². The molecule has 0 saturated carbocycles. The Bertz CT molecular complexity index is 526. The van der Waals surface area contributed by atoms with Crippen LogP contribution in [0.3, 0.4) is 0 Å². The summed E-state index contributed by atoms with van der Waals surface area (Å²) in [7, 11) is -5.48. The van der Waals surface area contributed by atoms with Crippen molar-refractivity contribution in [2.75, 3.05) is 25.2 Å².